The lowest BCUT2D eigenvalue weighted by Gasteiger charge is -2.41. The Morgan fingerprint density at radius 2 is 1.91 bits per heavy atom. The number of carbonyl (C=O) groups is 1. The second-order valence-electron chi connectivity index (χ2n) is 6.69. The van der Waals surface area contributed by atoms with Gasteiger partial charge in [0.15, 0.2) is 0 Å². The first-order valence-electron chi connectivity index (χ1n) is 7.71. The van der Waals surface area contributed by atoms with Crippen molar-refractivity contribution in [3.8, 4) is 5.75 Å². The molecule has 1 aliphatic rings. The summed E-state index contributed by atoms with van der Waals surface area (Å²) in [5.74, 6) is 0.00767. The molecule has 4 nitrogen and oxygen atoms in total. The molecule has 0 aromatic heterocycles. The van der Waals surface area contributed by atoms with Crippen LogP contribution in [0.2, 0.25) is 0 Å². The molecule has 3 rings (SSSR count). The van der Waals surface area contributed by atoms with Crippen LogP contribution in [0.15, 0.2) is 42.5 Å². The molecule has 0 amide bonds. The summed E-state index contributed by atoms with van der Waals surface area (Å²) in [7, 11) is 0. The number of hydrogen-bond acceptors (Lipinski definition) is 3. The van der Waals surface area contributed by atoms with E-state index in [-0.39, 0.29) is 5.60 Å². The zero-order chi connectivity index (χ0) is 16.6. The Labute approximate surface area is 136 Å². The molecule has 2 aromatic carbocycles. The zero-order valence-electron chi connectivity index (χ0n) is 13.7. The van der Waals surface area contributed by atoms with Gasteiger partial charge in [-0.25, -0.2) is 4.79 Å². The first kappa shape index (κ1) is 15.4. The SMILES string of the molecule is Cc1ccc2c(c1)OC(C)(C)CN2Cc1ccc(C(=O)O)cc1. The van der Waals surface area contributed by atoms with Crippen molar-refractivity contribution in [1.82, 2.24) is 0 Å². The third-order valence-corrected chi connectivity index (χ3v) is 3.99. The lowest BCUT2D eigenvalue weighted by atomic mass is 10.0. The van der Waals surface area contributed by atoms with Gasteiger partial charge in [0.2, 0.25) is 0 Å². The second kappa shape index (κ2) is 5.61. The van der Waals surface area contributed by atoms with Gasteiger partial charge < -0.3 is 14.7 Å². The van der Waals surface area contributed by atoms with Gasteiger partial charge in [-0.3, -0.25) is 0 Å². The maximum Gasteiger partial charge on any atom is 0.335 e. The maximum atomic E-state index is 11.0. The Kier molecular flexibility index (Phi) is 3.76. The van der Waals surface area contributed by atoms with Gasteiger partial charge in [0.1, 0.15) is 11.4 Å². The van der Waals surface area contributed by atoms with Gasteiger partial charge in [-0.2, -0.15) is 0 Å². The molecule has 23 heavy (non-hydrogen) atoms. The summed E-state index contributed by atoms with van der Waals surface area (Å²) in [6, 6.07) is 13.3. The topological polar surface area (TPSA) is 49.8 Å². The van der Waals surface area contributed by atoms with E-state index in [1.165, 1.54) is 5.56 Å². The quantitative estimate of drug-likeness (QED) is 0.935. The average molecular weight is 311 g/mol. The molecule has 0 unspecified atom stereocenters. The van der Waals surface area contributed by atoms with Gasteiger partial charge in [0, 0.05) is 6.54 Å². The van der Waals surface area contributed by atoms with Crippen molar-refractivity contribution in [3.05, 3.63) is 59.2 Å². The molecular formula is C19H21NO3. The molecule has 0 aliphatic carbocycles. The Balaban J connectivity index is 1.89. The van der Waals surface area contributed by atoms with Crippen LogP contribution in [-0.2, 0) is 6.54 Å². The standard InChI is InChI=1S/C19H21NO3/c1-13-4-9-16-17(10-13)23-19(2,3)12-20(16)11-14-5-7-15(8-6-14)18(21)22/h4-10H,11-12H2,1-3H3,(H,21,22). The number of ether oxygens (including phenoxy) is 1. The van der Waals surface area contributed by atoms with Crippen LogP contribution in [0.1, 0.15) is 35.3 Å². The monoisotopic (exact) mass is 311 g/mol. The first-order valence-corrected chi connectivity index (χ1v) is 7.71. The number of rotatable bonds is 3. The van der Waals surface area contributed by atoms with E-state index >= 15 is 0 Å². The largest absolute Gasteiger partial charge is 0.484 e. The molecule has 120 valence electrons. The molecule has 0 radical (unpaired) electrons. The summed E-state index contributed by atoms with van der Waals surface area (Å²) < 4.78 is 6.10. The normalized spacial score (nSPS) is 15.7. The molecule has 0 fully saturated rings. The van der Waals surface area contributed by atoms with Crippen molar-refractivity contribution >= 4 is 11.7 Å². The molecule has 1 N–H and O–H groups in total. The van der Waals surface area contributed by atoms with E-state index in [0.717, 1.165) is 30.1 Å². The molecule has 1 aliphatic heterocycles. The summed E-state index contributed by atoms with van der Waals surface area (Å²) in [6.07, 6.45) is 0. The fourth-order valence-electron chi connectivity index (χ4n) is 2.95. The average Bonchev–Trinajstić information content (AvgIpc) is 2.46. The van der Waals surface area contributed by atoms with E-state index in [4.69, 9.17) is 9.84 Å². The smallest absolute Gasteiger partial charge is 0.335 e. The van der Waals surface area contributed by atoms with Crippen LogP contribution in [0, 0.1) is 6.92 Å². The number of aryl methyl sites for hydroxylation is 1. The van der Waals surface area contributed by atoms with Crippen LogP contribution in [-0.4, -0.2) is 23.2 Å². The molecule has 0 atom stereocenters. The highest BCUT2D eigenvalue weighted by molar-refractivity contribution is 5.87. The van der Waals surface area contributed by atoms with Crippen LogP contribution < -0.4 is 9.64 Å². The lowest BCUT2D eigenvalue weighted by molar-refractivity contribution is 0.0697. The third kappa shape index (κ3) is 3.31. The highest BCUT2D eigenvalue weighted by Gasteiger charge is 2.31. The van der Waals surface area contributed by atoms with Crippen LogP contribution in [0.4, 0.5) is 5.69 Å². The fourth-order valence-corrected chi connectivity index (χ4v) is 2.95. The van der Waals surface area contributed by atoms with Gasteiger partial charge in [-0.15, -0.1) is 0 Å². The number of benzene rings is 2. The number of hydrogen-bond donors (Lipinski definition) is 1. The molecule has 0 saturated heterocycles. The molecule has 0 saturated carbocycles. The van der Waals surface area contributed by atoms with E-state index in [1.54, 1.807) is 12.1 Å². The highest BCUT2D eigenvalue weighted by Crippen LogP contribution is 2.38. The fraction of sp³-hybridized carbons (Fsp3) is 0.316. The minimum absolute atomic E-state index is 0.262. The van der Waals surface area contributed by atoms with Crippen molar-refractivity contribution in [2.75, 3.05) is 11.4 Å². The van der Waals surface area contributed by atoms with Gasteiger partial charge in [-0.05, 0) is 56.2 Å². The van der Waals surface area contributed by atoms with Gasteiger partial charge in [-0.1, -0.05) is 18.2 Å². The van der Waals surface area contributed by atoms with Crippen molar-refractivity contribution in [3.63, 3.8) is 0 Å². The minimum atomic E-state index is -0.898. The lowest BCUT2D eigenvalue weighted by Crippen LogP contribution is -2.46. The molecular weight excluding hydrogens is 290 g/mol. The van der Waals surface area contributed by atoms with E-state index < -0.39 is 5.97 Å². The summed E-state index contributed by atoms with van der Waals surface area (Å²) in [5.41, 5.74) is 3.39. The van der Waals surface area contributed by atoms with E-state index in [9.17, 15) is 4.79 Å². The predicted molar refractivity (Wildman–Crippen MR) is 90.3 cm³/mol. The first-order chi connectivity index (χ1) is 10.8. The summed E-state index contributed by atoms with van der Waals surface area (Å²) in [5, 5.41) is 8.99. The molecule has 0 spiro atoms. The zero-order valence-corrected chi connectivity index (χ0v) is 13.7. The number of carboxylic acids is 1. The summed E-state index contributed by atoms with van der Waals surface area (Å²) in [6.45, 7) is 7.73. The summed E-state index contributed by atoms with van der Waals surface area (Å²) >= 11 is 0. The predicted octanol–water partition coefficient (Wildman–Crippen LogP) is 3.87. The van der Waals surface area contributed by atoms with E-state index in [2.05, 4.69) is 43.9 Å². The summed E-state index contributed by atoms with van der Waals surface area (Å²) in [4.78, 5) is 13.2. The molecule has 2 aromatic rings. The number of nitrogens with zero attached hydrogens (tertiary/aromatic N) is 1. The number of fused-ring (bicyclic) bond motifs is 1. The second-order valence-corrected chi connectivity index (χ2v) is 6.69. The Bertz CT molecular complexity index is 735. The van der Waals surface area contributed by atoms with Crippen molar-refractivity contribution in [2.45, 2.75) is 32.9 Å². The van der Waals surface area contributed by atoms with Gasteiger partial charge >= 0.3 is 5.97 Å². The third-order valence-electron chi connectivity index (χ3n) is 3.99. The maximum absolute atomic E-state index is 11.0. The Morgan fingerprint density at radius 3 is 2.57 bits per heavy atom. The number of aromatic carboxylic acids is 1. The number of anilines is 1. The van der Waals surface area contributed by atoms with Crippen molar-refractivity contribution < 1.29 is 14.6 Å². The van der Waals surface area contributed by atoms with Crippen molar-refractivity contribution in [1.29, 1.82) is 0 Å². The van der Waals surface area contributed by atoms with Gasteiger partial charge in [0.25, 0.3) is 0 Å². The van der Waals surface area contributed by atoms with E-state index in [1.807, 2.05) is 12.1 Å². The van der Waals surface area contributed by atoms with E-state index in [0.29, 0.717) is 5.56 Å². The van der Waals surface area contributed by atoms with Crippen LogP contribution >= 0.6 is 0 Å². The molecule has 1 heterocycles. The number of carboxylic acid groups (broad SMARTS) is 1. The van der Waals surface area contributed by atoms with Crippen LogP contribution in [0.25, 0.3) is 0 Å². The van der Waals surface area contributed by atoms with Gasteiger partial charge in [0.05, 0.1) is 17.8 Å². The molecule has 0 bridgehead atoms. The Morgan fingerprint density at radius 1 is 1.22 bits per heavy atom. The van der Waals surface area contributed by atoms with Crippen LogP contribution in [0.3, 0.4) is 0 Å². The Hall–Kier alpha value is -2.49. The molecule has 4 heteroatoms. The van der Waals surface area contributed by atoms with Crippen LogP contribution in [0.5, 0.6) is 5.75 Å². The highest BCUT2D eigenvalue weighted by atomic mass is 16.5. The van der Waals surface area contributed by atoms with Crippen molar-refractivity contribution in [2.24, 2.45) is 0 Å². The minimum Gasteiger partial charge on any atom is -0.484 e.